The third kappa shape index (κ3) is 6.14. The molecule has 0 saturated carbocycles. The Morgan fingerprint density at radius 2 is 1.07 bits per heavy atom. The first kappa shape index (κ1) is 27.8. The Balaban J connectivity index is 1.50. The van der Waals surface area contributed by atoms with Gasteiger partial charge in [0.2, 0.25) is 0 Å². The van der Waals surface area contributed by atoms with Gasteiger partial charge in [-0.15, -0.1) is 0 Å². The zero-order valence-corrected chi connectivity index (χ0v) is 23.9. The summed E-state index contributed by atoms with van der Waals surface area (Å²) in [5.41, 5.74) is 2.38. The van der Waals surface area contributed by atoms with Gasteiger partial charge >= 0.3 is 0 Å². The molecule has 5 aromatic carbocycles. The number of hydrogen-bond donors (Lipinski definition) is 1. The van der Waals surface area contributed by atoms with Crippen molar-refractivity contribution in [3.63, 3.8) is 0 Å². The van der Waals surface area contributed by atoms with Crippen LogP contribution in [0.1, 0.15) is 30.0 Å². The highest BCUT2D eigenvalue weighted by molar-refractivity contribution is 7.80. The molecule has 0 fully saturated rings. The molecule has 0 heterocycles. The first-order chi connectivity index (χ1) is 20.0. The standard InChI is InChI=1S/C34H27F4NP2/c35-24-17-25(36)20-30(19-24)41(31-21-26(37)18-27(38)22-31)39-32-15-7-9-23-10-8-16-33(34(23)32)40(28-11-3-1-4-12-28)29-13-5-2-6-14-29/h1-6,8,10-14,16-22,32,39H,7,9,15H2/t32-/m1/s1. The highest BCUT2D eigenvalue weighted by Gasteiger charge is 2.31. The lowest BCUT2D eigenvalue weighted by Gasteiger charge is -2.35. The van der Waals surface area contributed by atoms with Crippen LogP contribution in [-0.4, -0.2) is 0 Å². The minimum Gasteiger partial charge on any atom is -0.281 e. The number of benzene rings is 5. The molecule has 5 aromatic rings. The van der Waals surface area contributed by atoms with E-state index in [-0.39, 0.29) is 6.04 Å². The van der Waals surface area contributed by atoms with Crippen LogP contribution in [0.15, 0.2) is 115 Å². The molecule has 0 radical (unpaired) electrons. The zero-order chi connectivity index (χ0) is 28.3. The Morgan fingerprint density at radius 1 is 0.561 bits per heavy atom. The van der Waals surface area contributed by atoms with Crippen molar-refractivity contribution < 1.29 is 17.6 Å². The fraction of sp³-hybridized carbons (Fsp3) is 0.118. The number of aryl methyl sites for hydroxylation is 1. The second-order valence-electron chi connectivity index (χ2n) is 10.0. The van der Waals surface area contributed by atoms with Crippen molar-refractivity contribution in [2.45, 2.75) is 25.3 Å². The largest absolute Gasteiger partial charge is 0.281 e. The number of fused-ring (bicyclic) bond motifs is 1. The Hall–Kier alpha value is -3.36. The molecule has 1 nitrogen and oxygen atoms in total. The van der Waals surface area contributed by atoms with Crippen molar-refractivity contribution >= 4 is 42.5 Å². The summed E-state index contributed by atoms with van der Waals surface area (Å²) < 4.78 is 57.7. The summed E-state index contributed by atoms with van der Waals surface area (Å²) in [5.74, 6) is -2.92. The lowest BCUT2D eigenvalue weighted by molar-refractivity contribution is 0.543. The summed E-state index contributed by atoms with van der Waals surface area (Å²) in [4.78, 5) is 0. The highest BCUT2D eigenvalue weighted by Crippen LogP contribution is 2.43. The molecule has 0 unspecified atom stereocenters. The molecule has 0 saturated heterocycles. The van der Waals surface area contributed by atoms with Crippen molar-refractivity contribution in [2.24, 2.45) is 0 Å². The summed E-state index contributed by atoms with van der Waals surface area (Å²) in [6.07, 6.45) is 2.61. The molecule has 206 valence electrons. The second-order valence-corrected chi connectivity index (χ2v) is 14.2. The van der Waals surface area contributed by atoms with E-state index in [9.17, 15) is 17.6 Å². The van der Waals surface area contributed by atoms with Crippen molar-refractivity contribution in [3.8, 4) is 0 Å². The summed E-state index contributed by atoms with van der Waals surface area (Å²) in [7, 11) is -2.62. The van der Waals surface area contributed by atoms with Gasteiger partial charge in [0.15, 0.2) is 0 Å². The molecular formula is C34H27F4NP2. The summed E-state index contributed by atoms with van der Waals surface area (Å²) in [6, 6.07) is 33.7. The van der Waals surface area contributed by atoms with Crippen LogP contribution in [0, 0.1) is 23.3 Å². The minimum atomic E-state index is -1.71. The lowest BCUT2D eigenvalue weighted by Crippen LogP contribution is -2.34. The van der Waals surface area contributed by atoms with Crippen LogP contribution in [0.3, 0.4) is 0 Å². The Labute approximate surface area is 239 Å². The van der Waals surface area contributed by atoms with Gasteiger partial charge in [-0.2, -0.15) is 0 Å². The normalized spacial score (nSPS) is 14.8. The molecule has 1 atom stereocenters. The fourth-order valence-corrected chi connectivity index (χ4v) is 10.3. The molecule has 1 N–H and O–H groups in total. The maximum Gasteiger partial charge on any atom is 0.126 e. The van der Waals surface area contributed by atoms with Crippen molar-refractivity contribution in [2.75, 3.05) is 0 Å². The molecule has 1 aliphatic rings. The van der Waals surface area contributed by atoms with E-state index in [1.807, 2.05) is 12.1 Å². The summed E-state index contributed by atoms with van der Waals surface area (Å²) in [5, 5.41) is 7.97. The second kappa shape index (κ2) is 12.2. The molecule has 0 spiro atoms. The number of hydrogen-bond acceptors (Lipinski definition) is 1. The van der Waals surface area contributed by atoms with Gasteiger partial charge in [-0.3, -0.25) is 5.09 Å². The van der Waals surface area contributed by atoms with Crippen LogP contribution < -0.4 is 31.6 Å². The molecule has 7 heteroatoms. The minimum absolute atomic E-state index is 0.184. The number of nitrogens with one attached hydrogen (secondary N) is 1. The third-order valence-corrected chi connectivity index (χ3v) is 11.8. The van der Waals surface area contributed by atoms with Crippen LogP contribution >= 0.6 is 16.0 Å². The Bertz CT molecular complexity index is 1530. The van der Waals surface area contributed by atoms with E-state index >= 15 is 0 Å². The van der Waals surface area contributed by atoms with Gasteiger partial charge in [0.1, 0.15) is 23.3 Å². The van der Waals surface area contributed by atoms with Gasteiger partial charge in [0.25, 0.3) is 0 Å². The molecule has 0 bridgehead atoms. The van der Waals surface area contributed by atoms with Gasteiger partial charge in [-0.25, -0.2) is 17.6 Å². The van der Waals surface area contributed by atoms with Gasteiger partial charge in [0.05, 0.1) is 0 Å². The maximum atomic E-state index is 14.4. The van der Waals surface area contributed by atoms with Crippen molar-refractivity contribution in [3.05, 3.63) is 150 Å². The Kier molecular flexibility index (Phi) is 8.30. The summed E-state index contributed by atoms with van der Waals surface area (Å²) >= 11 is 0. The van der Waals surface area contributed by atoms with Gasteiger partial charge in [-0.1, -0.05) is 78.9 Å². The van der Waals surface area contributed by atoms with Crippen molar-refractivity contribution in [1.29, 1.82) is 0 Å². The van der Waals surface area contributed by atoms with Gasteiger partial charge in [-0.05, 0) is 78.5 Å². The molecule has 41 heavy (non-hydrogen) atoms. The first-order valence-corrected chi connectivity index (χ1v) is 16.1. The van der Waals surface area contributed by atoms with E-state index < -0.39 is 39.3 Å². The van der Waals surface area contributed by atoms with Crippen LogP contribution in [0.5, 0.6) is 0 Å². The fourth-order valence-electron chi connectivity index (χ4n) is 5.56. The smallest absolute Gasteiger partial charge is 0.126 e. The molecule has 0 amide bonds. The number of rotatable bonds is 7. The predicted molar refractivity (Wildman–Crippen MR) is 163 cm³/mol. The highest BCUT2D eigenvalue weighted by atomic mass is 31.1. The van der Waals surface area contributed by atoms with Crippen LogP contribution in [0.25, 0.3) is 0 Å². The van der Waals surface area contributed by atoms with Gasteiger partial charge < -0.3 is 0 Å². The SMILES string of the molecule is Fc1cc(F)cc(P(N[C@@H]2CCCc3cccc(P(c4ccccc4)c4ccccc4)c32)c2cc(F)cc(F)c2)c1. The van der Waals surface area contributed by atoms with E-state index in [2.05, 4.69) is 71.8 Å². The average Bonchev–Trinajstić information content (AvgIpc) is 2.96. The molecular weight excluding hydrogens is 560 g/mol. The topological polar surface area (TPSA) is 12.0 Å². The van der Waals surface area contributed by atoms with E-state index in [4.69, 9.17) is 0 Å². The quantitative estimate of drug-likeness (QED) is 0.160. The first-order valence-electron chi connectivity index (χ1n) is 13.5. The van der Waals surface area contributed by atoms with Crippen LogP contribution in [-0.2, 0) is 6.42 Å². The average molecular weight is 588 g/mol. The maximum absolute atomic E-state index is 14.4. The monoisotopic (exact) mass is 587 g/mol. The molecule has 0 aliphatic heterocycles. The van der Waals surface area contributed by atoms with E-state index in [0.717, 1.165) is 31.4 Å². The van der Waals surface area contributed by atoms with Crippen LogP contribution in [0.4, 0.5) is 17.6 Å². The third-order valence-electron chi connectivity index (χ3n) is 7.23. The van der Waals surface area contributed by atoms with E-state index in [1.54, 1.807) is 0 Å². The number of halogens is 4. The van der Waals surface area contributed by atoms with Gasteiger partial charge in [0, 0.05) is 36.9 Å². The molecule has 0 aromatic heterocycles. The van der Waals surface area contributed by atoms with Crippen LogP contribution in [0.2, 0.25) is 0 Å². The summed E-state index contributed by atoms with van der Waals surface area (Å²) in [6.45, 7) is 0. The lowest BCUT2D eigenvalue weighted by atomic mass is 9.88. The van der Waals surface area contributed by atoms with Crippen molar-refractivity contribution in [1.82, 2.24) is 5.09 Å². The van der Waals surface area contributed by atoms with E-state index in [0.29, 0.717) is 10.6 Å². The molecule has 1 aliphatic carbocycles. The predicted octanol–water partition coefficient (Wildman–Crippen LogP) is 7.02. The Morgan fingerprint density at radius 3 is 1.59 bits per heavy atom. The zero-order valence-electron chi connectivity index (χ0n) is 22.1. The van der Waals surface area contributed by atoms with E-state index in [1.165, 1.54) is 51.3 Å². The molecule has 6 rings (SSSR count).